The van der Waals surface area contributed by atoms with E-state index in [4.69, 9.17) is 4.74 Å². The van der Waals surface area contributed by atoms with Crippen LogP contribution in [-0.2, 0) is 15.3 Å². The summed E-state index contributed by atoms with van der Waals surface area (Å²) in [6, 6.07) is 10.3. The Balaban J connectivity index is 2.01. The maximum absolute atomic E-state index is 12.2. The molecule has 0 radical (unpaired) electrons. The monoisotopic (exact) mass is 231 g/mol. The third-order valence-electron chi connectivity index (χ3n) is 3.98. The smallest absolute Gasteiger partial charge is 0.228 e. The van der Waals surface area contributed by atoms with Gasteiger partial charge in [0.05, 0.1) is 12.6 Å². The Morgan fingerprint density at radius 1 is 1.35 bits per heavy atom. The van der Waals surface area contributed by atoms with E-state index in [1.54, 1.807) is 0 Å². The van der Waals surface area contributed by atoms with E-state index in [2.05, 4.69) is 0 Å². The van der Waals surface area contributed by atoms with Gasteiger partial charge in [-0.05, 0) is 13.3 Å². The summed E-state index contributed by atoms with van der Waals surface area (Å²) < 4.78 is 5.92. The Bertz CT molecular complexity index is 445. The van der Waals surface area contributed by atoms with Crippen LogP contribution in [0.1, 0.15) is 25.8 Å². The summed E-state index contributed by atoms with van der Waals surface area (Å²) in [6.07, 6.45) is 0.918. The van der Waals surface area contributed by atoms with Gasteiger partial charge in [0.1, 0.15) is 0 Å². The van der Waals surface area contributed by atoms with Crippen LogP contribution in [0.5, 0.6) is 0 Å². The highest BCUT2D eigenvalue weighted by Crippen LogP contribution is 2.43. The quantitative estimate of drug-likeness (QED) is 0.741. The van der Waals surface area contributed by atoms with Crippen molar-refractivity contribution in [1.29, 1.82) is 0 Å². The normalized spacial score (nSPS) is 36.4. The number of rotatable bonds is 1. The van der Waals surface area contributed by atoms with Gasteiger partial charge in [-0.15, -0.1) is 0 Å². The Hall–Kier alpha value is -1.35. The van der Waals surface area contributed by atoms with Gasteiger partial charge in [-0.2, -0.15) is 0 Å². The largest absolute Gasteiger partial charge is 0.349 e. The molecule has 3 rings (SSSR count). The van der Waals surface area contributed by atoms with E-state index in [1.807, 2.05) is 49.1 Å². The fourth-order valence-corrected chi connectivity index (χ4v) is 3.03. The minimum absolute atomic E-state index is 0.131. The van der Waals surface area contributed by atoms with E-state index in [-0.39, 0.29) is 17.9 Å². The van der Waals surface area contributed by atoms with Crippen molar-refractivity contribution in [2.75, 3.05) is 6.61 Å². The molecule has 1 aromatic rings. The first-order chi connectivity index (χ1) is 8.13. The van der Waals surface area contributed by atoms with Crippen LogP contribution in [0.2, 0.25) is 0 Å². The molecule has 0 unspecified atom stereocenters. The number of ether oxygens (including phenoxy) is 1. The van der Waals surface area contributed by atoms with Crippen molar-refractivity contribution >= 4 is 5.91 Å². The lowest BCUT2D eigenvalue weighted by molar-refractivity contribution is -0.148. The molecule has 0 bridgehead atoms. The fourth-order valence-electron chi connectivity index (χ4n) is 3.03. The van der Waals surface area contributed by atoms with Crippen LogP contribution in [0, 0.1) is 5.92 Å². The van der Waals surface area contributed by atoms with Gasteiger partial charge in [0.15, 0.2) is 5.72 Å². The number of carbonyl (C=O) groups is 1. The van der Waals surface area contributed by atoms with Crippen LogP contribution in [-0.4, -0.2) is 23.5 Å². The molecule has 0 aromatic heterocycles. The summed E-state index contributed by atoms with van der Waals surface area (Å²) in [5.74, 6) is 0.353. The first kappa shape index (κ1) is 10.8. The van der Waals surface area contributed by atoms with Gasteiger partial charge in [0.2, 0.25) is 5.91 Å². The summed E-state index contributed by atoms with van der Waals surface area (Å²) in [5.41, 5.74) is 0.485. The van der Waals surface area contributed by atoms with Crippen molar-refractivity contribution in [3.05, 3.63) is 35.9 Å². The second kappa shape index (κ2) is 3.57. The SMILES string of the molecule is C[C@@H]1C[C@H]2CO[C@](C)(c3ccccc3)N2C1=O. The summed E-state index contributed by atoms with van der Waals surface area (Å²) in [5, 5.41) is 0. The van der Waals surface area contributed by atoms with Gasteiger partial charge in [0.25, 0.3) is 0 Å². The average molecular weight is 231 g/mol. The minimum Gasteiger partial charge on any atom is -0.349 e. The van der Waals surface area contributed by atoms with Crippen molar-refractivity contribution in [2.24, 2.45) is 5.92 Å². The highest BCUT2D eigenvalue weighted by molar-refractivity contribution is 5.82. The van der Waals surface area contributed by atoms with Crippen molar-refractivity contribution in [2.45, 2.75) is 32.0 Å². The molecule has 3 heteroatoms. The van der Waals surface area contributed by atoms with E-state index in [1.165, 1.54) is 0 Å². The van der Waals surface area contributed by atoms with Gasteiger partial charge >= 0.3 is 0 Å². The molecule has 3 nitrogen and oxygen atoms in total. The third kappa shape index (κ3) is 1.42. The zero-order chi connectivity index (χ0) is 12.0. The number of nitrogens with zero attached hydrogens (tertiary/aromatic N) is 1. The molecule has 17 heavy (non-hydrogen) atoms. The topological polar surface area (TPSA) is 29.5 Å². The lowest BCUT2D eigenvalue weighted by Gasteiger charge is -2.34. The molecule has 2 heterocycles. The van der Waals surface area contributed by atoms with Crippen LogP contribution in [0.4, 0.5) is 0 Å². The molecule has 2 aliphatic heterocycles. The zero-order valence-electron chi connectivity index (χ0n) is 10.2. The fraction of sp³-hybridized carbons (Fsp3) is 0.500. The number of hydrogen-bond donors (Lipinski definition) is 0. The summed E-state index contributed by atoms with van der Waals surface area (Å²) >= 11 is 0. The van der Waals surface area contributed by atoms with E-state index in [9.17, 15) is 4.79 Å². The van der Waals surface area contributed by atoms with E-state index >= 15 is 0 Å². The van der Waals surface area contributed by atoms with E-state index in [0.717, 1.165) is 12.0 Å². The lowest BCUT2D eigenvalue weighted by Crippen LogP contribution is -2.44. The maximum Gasteiger partial charge on any atom is 0.228 e. The first-order valence-corrected chi connectivity index (χ1v) is 6.15. The van der Waals surface area contributed by atoms with Crippen molar-refractivity contribution in [3.8, 4) is 0 Å². The maximum atomic E-state index is 12.2. The number of fused-ring (bicyclic) bond motifs is 1. The molecule has 3 atom stereocenters. The van der Waals surface area contributed by atoms with Crippen LogP contribution in [0.3, 0.4) is 0 Å². The number of hydrogen-bond acceptors (Lipinski definition) is 2. The highest BCUT2D eigenvalue weighted by atomic mass is 16.5. The Labute approximate surface area is 101 Å². The van der Waals surface area contributed by atoms with Gasteiger partial charge in [-0.25, -0.2) is 0 Å². The van der Waals surface area contributed by atoms with Crippen molar-refractivity contribution in [1.82, 2.24) is 4.90 Å². The Morgan fingerprint density at radius 3 is 2.76 bits per heavy atom. The molecule has 2 fully saturated rings. The van der Waals surface area contributed by atoms with Crippen LogP contribution < -0.4 is 0 Å². The molecule has 0 saturated carbocycles. The van der Waals surface area contributed by atoms with E-state index in [0.29, 0.717) is 6.61 Å². The molecule has 0 aliphatic carbocycles. The molecule has 0 spiro atoms. The number of benzene rings is 1. The van der Waals surface area contributed by atoms with Crippen molar-refractivity contribution in [3.63, 3.8) is 0 Å². The number of carbonyl (C=O) groups excluding carboxylic acids is 1. The Kier molecular flexibility index (Phi) is 2.26. The molecule has 2 aliphatic rings. The lowest BCUT2D eigenvalue weighted by atomic mass is 10.0. The second-order valence-electron chi connectivity index (χ2n) is 5.16. The summed E-state index contributed by atoms with van der Waals surface area (Å²) in [7, 11) is 0. The summed E-state index contributed by atoms with van der Waals surface area (Å²) in [6.45, 7) is 4.66. The molecular formula is C14H17NO2. The van der Waals surface area contributed by atoms with Crippen molar-refractivity contribution < 1.29 is 9.53 Å². The standard InChI is InChI=1S/C14H17NO2/c1-10-8-12-9-17-14(2,15(12)13(10)16)11-6-4-3-5-7-11/h3-7,10,12H,8-9H2,1-2H3/t10-,12+,14-/m1/s1. The molecule has 0 N–H and O–H groups in total. The first-order valence-electron chi connectivity index (χ1n) is 6.15. The van der Waals surface area contributed by atoms with Gasteiger partial charge in [-0.3, -0.25) is 4.79 Å². The zero-order valence-corrected chi connectivity index (χ0v) is 10.2. The van der Waals surface area contributed by atoms with Gasteiger partial charge in [-0.1, -0.05) is 37.3 Å². The van der Waals surface area contributed by atoms with Crippen LogP contribution in [0.25, 0.3) is 0 Å². The van der Waals surface area contributed by atoms with Gasteiger partial charge < -0.3 is 9.64 Å². The Morgan fingerprint density at radius 2 is 2.06 bits per heavy atom. The highest BCUT2D eigenvalue weighted by Gasteiger charge is 2.53. The predicted molar refractivity (Wildman–Crippen MR) is 64.2 cm³/mol. The van der Waals surface area contributed by atoms with E-state index < -0.39 is 5.72 Å². The van der Waals surface area contributed by atoms with Gasteiger partial charge in [0, 0.05) is 11.5 Å². The second-order valence-corrected chi connectivity index (χ2v) is 5.16. The number of amides is 1. The van der Waals surface area contributed by atoms with Crippen LogP contribution in [0.15, 0.2) is 30.3 Å². The molecule has 1 amide bonds. The summed E-state index contributed by atoms with van der Waals surface area (Å²) in [4.78, 5) is 14.2. The molecule has 90 valence electrons. The van der Waals surface area contributed by atoms with Crippen LogP contribution >= 0.6 is 0 Å². The molecule has 1 aromatic carbocycles. The third-order valence-corrected chi connectivity index (χ3v) is 3.98. The molecule has 2 saturated heterocycles. The predicted octanol–water partition coefficient (Wildman–Crippen LogP) is 2.13. The minimum atomic E-state index is -0.576. The molecular weight excluding hydrogens is 214 g/mol. The average Bonchev–Trinajstić information content (AvgIpc) is 2.82.